The van der Waals surface area contributed by atoms with Crippen LogP contribution in [0.1, 0.15) is 5.56 Å². The van der Waals surface area contributed by atoms with Crippen LogP contribution in [0.3, 0.4) is 0 Å². The summed E-state index contributed by atoms with van der Waals surface area (Å²) < 4.78 is 20.2. The SMILES string of the molecule is COc1cc(OCc2ccccc2)c2oc(-c3cnc4sc(Br)nn34)cc2c1. The van der Waals surface area contributed by atoms with Crippen molar-refractivity contribution in [3.63, 3.8) is 0 Å². The molecule has 0 saturated heterocycles. The van der Waals surface area contributed by atoms with Crippen molar-refractivity contribution in [1.82, 2.24) is 14.6 Å². The average molecular weight is 456 g/mol. The molecule has 0 unspecified atom stereocenters. The van der Waals surface area contributed by atoms with Gasteiger partial charge in [-0.2, -0.15) is 4.52 Å². The normalized spacial score (nSPS) is 11.4. The van der Waals surface area contributed by atoms with Crippen molar-refractivity contribution in [2.45, 2.75) is 6.61 Å². The van der Waals surface area contributed by atoms with Crippen LogP contribution in [0.25, 0.3) is 27.4 Å². The van der Waals surface area contributed by atoms with Gasteiger partial charge < -0.3 is 13.9 Å². The van der Waals surface area contributed by atoms with E-state index >= 15 is 0 Å². The number of halogens is 1. The Hall–Kier alpha value is -2.84. The minimum absolute atomic E-state index is 0.440. The van der Waals surface area contributed by atoms with Gasteiger partial charge in [-0.3, -0.25) is 0 Å². The maximum absolute atomic E-state index is 6.16. The molecule has 0 N–H and O–H groups in total. The van der Waals surface area contributed by atoms with E-state index in [1.807, 2.05) is 48.5 Å². The minimum Gasteiger partial charge on any atom is -0.497 e. The number of furan rings is 1. The third-order valence-electron chi connectivity index (χ3n) is 4.34. The molecule has 140 valence electrons. The topological polar surface area (TPSA) is 61.8 Å². The Labute approximate surface area is 172 Å². The predicted molar refractivity (Wildman–Crippen MR) is 111 cm³/mol. The number of hydrogen-bond donors (Lipinski definition) is 0. The molecule has 3 aromatic heterocycles. The number of ether oxygens (including phenoxy) is 2. The van der Waals surface area contributed by atoms with E-state index in [9.17, 15) is 0 Å². The highest BCUT2D eigenvalue weighted by Gasteiger charge is 2.18. The summed E-state index contributed by atoms with van der Waals surface area (Å²) in [6, 6.07) is 15.7. The number of fused-ring (bicyclic) bond motifs is 2. The van der Waals surface area contributed by atoms with Gasteiger partial charge in [0.15, 0.2) is 21.0 Å². The summed E-state index contributed by atoms with van der Waals surface area (Å²) in [4.78, 5) is 5.18. The van der Waals surface area contributed by atoms with Crippen LogP contribution in [0.2, 0.25) is 0 Å². The van der Waals surface area contributed by atoms with E-state index in [0.717, 1.165) is 25.5 Å². The minimum atomic E-state index is 0.440. The molecule has 6 nitrogen and oxygen atoms in total. The van der Waals surface area contributed by atoms with E-state index in [1.54, 1.807) is 17.8 Å². The predicted octanol–water partition coefficient (Wildman–Crippen LogP) is 5.55. The first-order chi connectivity index (χ1) is 13.7. The number of methoxy groups -OCH3 is 1. The summed E-state index contributed by atoms with van der Waals surface area (Å²) in [5, 5.41) is 5.32. The molecule has 0 bridgehead atoms. The van der Waals surface area contributed by atoms with Crippen molar-refractivity contribution in [1.29, 1.82) is 0 Å². The summed E-state index contributed by atoms with van der Waals surface area (Å²) in [6.07, 6.45) is 1.75. The second kappa shape index (κ2) is 6.96. The lowest BCUT2D eigenvalue weighted by Gasteiger charge is -2.08. The van der Waals surface area contributed by atoms with Crippen LogP contribution in [0.4, 0.5) is 0 Å². The second-order valence-electron chi connectivity index (χ2n) is 6.12. The maximum Gasteiger partial charge on any atom is 0.213 e. The molecular weight excluding hydrogens is 442 g/mol. The zero-order valence-electron chi connectivity index (χ0n) is 14.8. The zero-order valence-corrected chi connectivity index (χ0v) is 17.2. The largest absolute Gasteiger partial charge is 0.497 e. The van der Waals surface area contributed by atoms with Crippen LogP contribution in [0.15, 0.2) is 63.1 Å². The molecule has 3 heterocycles. The van der Waals surface area contributed by atoms with Crippen molar-refractivity contribution < 1.29 is 13.9 Å². The monoisotopic (exact) mass is 455 g/mol. The van der Waals surface area contributed by atoms with Gasteiger partial charge in [0.25, 0.3) is 0 Å². The molecular formula is C20H14BrN3O3S. The highest BCUT2D eigenvalue weighted by molar-refractivity contribution is 9.11. The van der Waals surface area contributed by atoms with Crippen LogP contribution in [-0.2, 0) is 6.61 Å². The molecule has 5 aromatic rings. The van der Waals surface area contributed by atoms with E-state index in [1.165, 1.54) is 11.3 Å². The molecule has 5 rings (SSSR count). The summed E-state index contributed by atoms with van der Waals surface area (Å²) >= 11 is 4.86. The van der Waals surface area contributed by atoms with E-state index in [0.29, 0.717) is 29.4 Å². The third kappa shape index (κ3) is 3.04. The highest BCUT2D eigenvalue weighted by Crippen LogP contribution is 2.37. The lowest BCUT2D eigenvalue weighted by Crippen LogP contribution is -1.96. The van der Waals surface area contributed by atoms with Gasteiger partial charge in [-0.15, -0.1) is 5.10 Å². The Kier molecular flexibility index (Phi) is 4.29. The Morgan fingerprint density at radius 2 is 2.04 bits per heavy atom. The number of imidazole rings is 1. The third-order valence-corrected chi connectivity index (χ3v) is 5.70. The second-order valence-corrected chi connectivity index (χ2v) is 8.35. The molecule has 0 aliphatic carbocycles. The molecule has 0 aliphatic heterocycles. The standard InChI is InChI=1S/C20H14BrN3O3S/c1-25-14-7-13-8-16(15-10-22-20-24(15)23-19(21)28-20)27-18(13)17(9-14)26-11-12-5-3-2-4-6-12/h2-10H,11H2,1H3. The van der Waals surface area contributed by atoms with Crippen LogP contribution < -0.4 is 9.47 Å². The van der Waals surface area contributed by atoms with Crippen molar-refractivity contribution >= 4 is 43.2 Å². The van der Waals surface area contributed by atoms with E-state index < -0.39 is 0 Å². The number of benzene rings is 2. The Morgan fingerprint density at radius 3 is 2.86 bits per heavy atom. The van der Waals surface area contributed by atoms with Gasteiger partial charge >= 0.3 is 0 Å². The van der Waals surface area contributed by atoms with Gasteiger partial charge in [0.1, 0.15) is 18.1 Å². The first-order valence-corrected chi connectivity index (χ1v) is 10.1. The van der Waals surface area contributed by atoms with Crippen molar-refractivity contribution in [2.24, 2.45) is 0 Å². The fourth-order valence-electron chi connectivity index (χ4n) is 3.02. The number of hydrogen-bond acceptors (Lipinski definition) is 6. The molecule has 8 heteroatoms. The molecule has 0 atom stereocenters. The maximum atomic E-state index is 6.16. The van der Waals surface area contributed by atoms with Gasteiger partial charge in [-0.05, 0) is 33.6 Å². The highest BCUT2D eigenvalue weighted by atomic mass is 79.9. The van der Waals surface area contributed by atoms with E-state index in [-0.39, 0.29) is 0 Å². The first kappa shape index (κ1) is 17.3. The van der Waals surface area contributed by atoms with Gasteiger partial charge in [-0.1, -0.05) is 41.7 Å². The number of aromatic nitrogens is 3. The van der Waals surface area contributed by atoms with Crippen LogP contribution in [0.5, 0.6) is 11.5 Å². The molecule has 0 saturated carbocycles. The average Bonchev–Trinajstić information content (AvgIpc) is 3.39. The molecule has 2 aromatic carbocycles. The number of rotatable bonds is 5. The summed E-state index contributed by atoms with van der Waals surface area (Å²) in [5.41, 5.74) is 2.52. The fraction of sp³-hybridized carbons (Fsp3) is 0.100. The lowest BCUT2D eigenvalue weighted by atomic mass is 10.2. The zero-order chi connectivity index (χ0) is 19.1. The van der Waals surface area contributed by atoms with Gasteiger partial charge in [0, 0.05) is 11.5 Å². The number of nitrogens with zero attached hydrogens (tertiary/aromatic N) is 3. The van der Waals surface area contributed by atoms with Crippen LogP contribution >= 0.6 is 27.3 Å². The Morgan fingerprint density at radius 1 is 1.18 bits per heavy atom. The van der Waals surface area contributed by atoms with Crippen LogP contribution in [0, 0.1) is 0 Å². The van der Waals surface area contributed by atoms with Crippen LogP contribution in [-0.4, -0.2) is 21.7 Å². The molecule has 0 radical (unpaired) electrons. The van der Waals surface area contributed by atoms with Gasteiger partial charge in [-0.25, -0.2) is 4.98 Å². The quantitative estimate of drug-likeness (QED) is 0.347. The fourth-order valence-corrected chi connectivity index (χ4v) is 4.22. The van der Waals surface area contributed by atoms with Crippen molar-refractivity contribution in [3.8, 4) is 23.0 Å². The molecule has 0 spiro atoms. The van der Waals surface area contributed by atoms with Gasteiger partial charge in [0.05, 0.1) is 13.3 Å². The molecule has 0 amide bonds. The molecule has 0 aliphatic rings. The van der Waals surface area contributed by atoms with E-state index in [4.69, 9.17) is 13.9 Å². The van der Waals surface area contributed by atoms with Crippen molar-refractivity contribution in [2.75, 3.05) is 7.11 Å². The smallest absolute Gasteiger partial charge is 0.213 e. The summed E-state index contributed by atoms with van der Waals surface area (Å²) in [5.74, 6) is 2.00. The Bertz CT molecular complexity index is 1280. The summed E-state index contributed by atoms with van der Waals surface area (Å²) in [7, 11) is 1.64. The first-order valence-electron chi connectivity index (χ1n) is 8.50. The van der Waals surface area contributed by atoms with E-state index in [2.05, 4.69) is 26.0 Å². The molecule has 0 fully saturated rings. The summed E-state index contributed by atoms with van der Waals surface area (Å²) in [6.45, 7) is 0.440. The van der Waals surface area contributed by atoms with Crippen molar-refractivity contribution in [3.05, 3.63) is 64.2 Å². The molecule has 28 heavy (non-hydrogen) atoms. The Balaban J connectivity index is 1.58. The lowest BCUT2D eigenvalue weighted by molar-refractivity contribution is 0.303. The van der Waals surface area contributed by atoms with Gasteiger partial charge in [0.2, 0.25) is 4.96 Å².